The molecule has 1 aliphatic rings. The van der Waals surface area contributed by atoms with Crippen molar-refractivity contribution in [1.82, 2.24) is 4.57 Å². The van der Waals surface area contributed by atoms with E-state index < -0.39 is 16.4 Å². The zero-order chi connectivity index (χ0) is 15.0. The van der Waals surface area contributed by atoms with E-state index >= 15 is 0 Å². The molecule has 1 heterocycles. The summed E-state index contributed by atoms with van der Waals surface area (Å²) in [4.78, 5) is 10.1. The molecule has 1 atom stereocenters. The number of rotatable bonds is 3. The zero-order valence-electron chi connectivity index (χ0n) is 11.5. The molecule has 1 aliphatic carbocycles. The van der Waals surface area contributed by atoms with Gasteiger partial charge in [-0.3, -0.25) is 10.1 Å². The Morgan fingerprint density at radius 2 is 2.24 bits per heavy atom. The van der Waals surface area contributed by atoms with Crippen molar-refractivity contribution >= 4 is 5.69 Å². The second-order valence-corrected chi connectivity index (χ2v) is 5.42. The highest BCUT2D eigenvalue weighted by atomic mass is 19.1. The number of fused-ring (bicyclic) bond motifs is 1. The van der Waals surface area contributed by atoms with Crippen molar-refractivity contribution in [1.29, 1.82) is 0 Å². The summed E-state index contributed by atoms with van der Waals surface area (Å²) < 4.78 is 15.9. The molecule has 2 aromatic rings. The fraction of sp³-hybridized carbons (Fsp3) is 0.333. The van der Waals surface area contributed by atoms with Gasteiger partial charge >= 0.3 is 5.69 Å². The predicted octanol–water partition coefficient (Wildman–Crippen LogP) is 2.92. The number of nitro groups is 1. The Balaban J connectivity index is 1.91. The summed E-state index contributed by atoms with van der Waals surface area (Å²) in [7, 11) is 0. The second-order valence-electron chi connectivity index (χ2n) is 5.42. The van der Waals surface area contributed by atoms with Crippen molar-refractivity contribution in [3.63, 3.8) is 0 Å². The third-order valence-electron chi connectivity index (χ3n) is 3.97. The van der Waals surface area contributed by atoms with Crippen molar-refractivity contribution in [2.75, 3.05) is 0 Å². The van der Waals surface area contributed by atoms with Crippen LogP contribution in [0.4, 0.5) is 10.1 Å². The Kier molecular flexibility index (Phi) is 3.47. The molecule has 2 N–H and O–H groups in total. The van der Waals surface area contributed by atoms with Crippen LogP contribution >= 0.6 is 0 Å². The molecule has 21 heavy (non-hydrogen) atoms. The van der Waals surface area contributed by atoms with E-state index in [9.17, 15) is 14.5 Å². The lowest BCUT2D eigenvalue weighted by atomic mass is 9.92. The summed E-state index contributed by atoms with van der Waals surface area (Å²) in [5.41, 5.74) is 8.19. The van der Waals surface area contributed by atoms with Gasteiger partial charge < -0.3 is 10.3 Å². The topological polar surface area (TPSA) is 74.1 Å². The number of aromatic nitrogens is 1. The smallest absolute Gasteiger partial charge is 0.305 e. The number of hydrogen-bond acceptors (Lipinski definition) is 3. The first-order valence-electron chi connectivity index (χ1n) is 6.92. The van der Waals surface area contributed by atoms with Crippen molar-refractivity contribution in [2.24, 2.45) is 5.73 Å². The number of hydrogen-bond donors (Lipinski definition) is 1. The number of halogens is 1. The van der Waals surface area contributed by atoms with Gasteiger partial charge in [0.1, 0.15) is 0 Å². The van der Waals surface area contributed by atoms with E-state index in [-0.39, 0.29) is 12.6 Å². The van der Waals surface area contributed by atoms with Gasteiger partial charge in [-0.05, 0) is 30.4 Å². The molecule has 0 saturated carbocycles. The van der Waals surface area contributed by atoms with Gasteiger partial charge in [-0.15, -0.1) is 0 Å². The summed E-state index contributed by atoms with van der Waals surface area (Å²) in [5, 5.41) is 10.8. The highest BCUT2D eigenvalue weighted by Gasteiger charge is 2.20. The second kappa shape index (κ2) is 5.29. The first kappa shape index (κ1) is 13.8. The van der Waals surface area contributed by atoms with Crippen molar-refractivity contribution in [3.05, 3.63) is 63.2 Å². The molecule has 1 aromatic heterocycles. The number of benzene rings is 1. The standard InChI is InChI=1S/C15H16FN3O2/c16-15-11(4-2-6-14(15)19(20)21)8-18-7-10-3-1-5-13(17)12(10)9-18/h2,4,6-7,9,13H,1,3,5,8,17H2. The van der Waals surface area contributed by atoms with Crippen LogP contribution in [0.25, 0.3) is 0 Å². The Labute approximate surface area is 121 Å². The largest absolute Gasteiger partial charge is 0.349 e. The molecular formula is C15H16FN3O2. The van der Waals surface area contributed by atoms with Crippen LogP contribution in [0.1, 0.15) is 35.6 Å². The van der Waals surface area contributed by atoms with Crippen LogP contribution in [0.15, 0.2) is 30.6 Å². The average molecular weight is 289 g/mol. The maximum Gasteiger partial charge on any atom is 0.305 e. The molecule has 0 radical (unpaired) electrons. The molecule has 5 nitrogen and oxygen atoms in total. The number of aryl methyl sites for hydroxylation is 1. The molecule has 1 aromatic carbocycles. The van der Waals surface area contributed by atoms with Gasteiger partial charge in [-0.25, -0.2) is 0 Å². The quantitative estimate of drug-likeness (QED) is 0.697. The van der Waals surface area contributed by atoms with Gasteiger partial charge in [-0.1, -0.05) is 12.1 Å². The van der Waals surface area contributed by atoms with Crippen LogP contribution in [0, 0.1) is 15.9 Å². The number of nitrogens with zero attached hydrogens (tertiary/aromatic N) is 2. The Bertz CT molecular complexity index is 696. The SMILES string of the molecule is NC1CCCc2cn(Cc3cccc([N+](=O)[O-])c3F)cc21. The minimum absolute atomic E-state index is 0.0324. The van der Waals surface area contributed by atoms with Crippen LogP contribution in [-0.4, -0.2) is 9.49 Å². The Morgan fingerprint density at radius 3 is 2.95 bits per heavy atom. The van der Waals surface area contributed by atoms with E-state index in [0.29, 0.717) is 5.56 Å². The van der Waals surface area contributed by atoms with Gasteiger partial charge in [0, 0.05) is 30.1 Å². The lowest BCUT2D eigenvalue weighted by Gasteiger charge is -2.17. The summed E-state index contributed by atoms with van der Waals surface area (Å²) in [6, 6.07) is 4.28. The van der Waals surface area contributed by atoms with E-state index in [4.69, 9.17) is 5.73 Å². The average Bonchev–Trinajstić information content (AvgIpc) is 2.85. The van der Waals surface area contributed by atoms with E-state index in [1.165, 1.54) is 17.7 Å². The molecule has 110 valence electrons. The fourth-order valence-electron chi connectivity index (χ4n) is 2.90. The number of nitrogens with two attached hydrogens (primary N) is 1. The molecule has 0 fully saturated rings. The maximum absolute atomic E-state index is 14.1. The molecular weight excluding hydrogens is 273 g/mol. The zero-order valence-corrected chi connectivity index (χ0v) is 11.5. The third kappa shape index (κ3) is 2.54. The van der Waals surface area contributed by atoms with E-state index in [1.54, 1.807) is 6.07 Å². The molecule has 3 rings (SSSR count). The Morgan fingerprint density at radius 1 is 1.43 bits per heavy atom. The monoisotopic (exact) mass is 289 g/mol. The molecule has 0 amide bonds. The summed E-state index contributed by atoms with van der Waals surface area (Å²) in [6.07, 6.45) is 6.89. The molecule has 0 saturated heterocycles. The third-order valence-corrected chi connectivity index (χ3v) is 3.97. The highest BCUT2D eigenvalue weighted by molar-refractivity contribution is 5.37. The van der Waals surface area contributed by atoms with Crippen molar-refractivity contribution in [2.45, 2.75) is 31.8 Å². The van der Waals surface area contributed by atoms with E-state index in [0.717, 1.165) is 24.8 Å². The van der Waals surface area contributed by atoms with Gasteiger partial charge in [-0.2, -0.15) is 4.39 Å². The Hall–Kier alpha value is -2.21. The number of nitro benzene ring substituents is 1. The molecule has 0 aliphatic heterocycles. The predicted molar refractivity (Wildman–Crippen MR) is 76.5 cm³/mol. The lowest BCUT2D eigenvalue weighted by molar-refractivity contribution is -0.387. The molecule has 0 spiro atoms. The van der Waals surface area contributed by atoms with Crippen molar-refractivity contribution < 1.29 is 9.31 Å². The van der Waals surface area contributed by atoms with Crippen LogP contribution in [0.2, 0.25) is 0 Å². The highest BCUT2D eigenvalue weighted by Crippen LogP contribution is 2.29. The first-order valence-corrected chi connectivity index (χ1v) is 6.92. The minimum Gasteiger partial charge on any atom is -0.349 e. The summed E-state index contributed by atoms with van der Waals surface area (Å²) in [6.45, 7) is 0.271. The van der Waals surface area contributed by atoms with Crippen LogP contribution in [0.5, 0.6) is 0 Å². The first-order chi connectivity index (χ1) is 10.1. The normalized spacial score (nSPS) is 17.5. The van der Waals surface area contributed by atoms with Gasteiger partial charge in [0.25, 0.3) is 0 Å². The van der Waals surface area contributed by atoms with E-state index in [2.05, 4.69) is 0 Å². The fourth-order valence-corrected chi connectivity index (χ4v) is 2.90. The molecule has 1 unspecified atom stereocenters. The van der Waals surface area contributed by atoms with Crippen LogP contribution < -0.4 is 5.73 Å². The summed E-state index contributed by atoms with van der Waals surface area (Å²) in [5.74, 6) is -0.765. The molecule has 6 heteroatoms. The van der Waals surface area contributed by atoms with Gasteiger partial charge in [0.15, 0.2) is 0 Å². The minimum atomic E-state index is -0.765. The van der Waals surface area contributed by atoms with Crippen LogP contribution in [0.3, 0.4) is 0 Å². The lowest BCUT2D eigenvalue weighted by Crippen LogP contribution is -2.15. The molecule has 0 bridgehead atoms. The van der Waals surface area contributed by atoms with Gasteiger partial charge in [0.05, 0.1) is 11.5 Å². The van der Waals surface area contributed by atoms with Crippen molar-refractivity contribution in [3.8, 4) is 0 Å². The van der Waals surface area contributed by atoms with E-state index in [1.807, 2.05) is 17.0 Å². The summed E-state index contributed by atoms with van der Waals surface area (Å²) >= 11 is 0. The van der Waals surface area contributed by atoms with Crippen LogP contribution in [-0.2, 0) is 13.0 Å². The maximum atomic E-state index is 14.1. The van der Waals surface area contributed by atoms with Gasteiger partial charge in [0.2, 0.25) is 5.82 Å².